The molecule has 18 aromatic carbocycles. The fourth-order valence-corrected chi connectivity index (χ4v) is 13.5. The van der Waals surface area contributed by atoms with Crippen LogP contribution in [0.15, 0.2) is 146 Å². The monoisotopic (exact) mass is 744 g/mol. The summed E-state index contributed by atoms with van der Waals surface area (Å²) in [7, 11) is 0. The number of hydrogen-bond acceptors (Lipinski definition) is 0. The highest BCUT2D eigenvalue weighted by atomic mass is 14.2. The van der Waals surface area contributed by atoms with E-state index >= 15 is 0 Å². The predicted molar refractivity (Wildman–Crippen MR) is 262 cm³/mol. The molecule has 0 atom stereocenters. The summed E-state index contributed by atoms with van der Waals surface area (Å²) in [4.78, 5) is 0. The summed E-state index contributed by atoms with van der Waals surface area (Å²) < 4.78 is 0. The van der Waals surface area contributed by atoms with Gasteiger partial charge in [0.05, 0.1) is 0 Å². The molecular weight excluding hydrogens is 721 g/mol. The van der Waals surface area contributed by atoms with Crippen LogP contribution in [0.25, 0.3) is 194 Å². The van der Waals surface area contributed by atoms with Crippen molar-refractivity contribution >= 4 is 194 Å². The highest BCUT2D eigenvalue weighted by Gasteiger charge is 2.22. The lowest BCUT2D eigenvalue weighted by Gasteiger charge is -1.97. The maximum Gasteiger partial charge on any atom is -0.00926 e. The van der Waals surface area contributed by atoms with Crippen LogP contribution in [0.5, 0.6) is 0 Å². The molecule has 18 aromatic rings. The Hall–Kier alpha value is -7.80. The summed E-state index contributed by atoms with van der Waals surface area (Å²) in [6.45, 7) is 0. The average molecular weight is 745 g/mol. The van der Waals surface area contributed by atoms with Gasteiger partial charge < -0.3 is 0 Å². The molecule has 0 fully saturated rings. The largest absolute Gasteiger partial charge is 0.0458 e. The SMILES string of the molecule is c1c2cc3c4cc5cc6c7cc8cc9c%10cc%11cc%12c%13cc%14cc%15c%16cc%17cc%18c1c1cc2c3cc4cc5c6cc7cc8c9cc%10cc%11c%12cc%13cc%14c%15cc%16cc%17c%18c1. The molecule has 0 heterocycles. The van der Waals surface area contributed by atoms with Crippen LogP contribution in [0.4, 0.5) is 0 Å². The second kappa shape index (κ2) is 8.36. The van der Waals surface area contributed by atoms with Gasteiger partial charge in [-0.2, -0.15) is 0 Å². The van der Waals surface area contributed by atoms with E-state index in [0.29, 0.717) is 0 Å². The summed E-state index contributed by atoms with van der Waals surface area (Å²) in [6, 6.07) is 59.1. The Labute approximate surface area is 338 Å². The topological polar surface area (TPSA) is 0 Å². The minimum Gasteiger partial charge on any atom is -0.0458 e. The van der Waals surface area contributed by atoms with Gasteiger partial charge in [0.2, 0.25) is 0 Å². The van der Waals surface area contributed by atoms with Crippen LogP contribution in [0.3, 0.4) is 0 Å². The molecule has 0 amide bonds. The van der Waals surface area contributed by atoms with E-state index in [4.69, 9.17) is 0 Å². The molecule has 0 nitrogen and oxygen atoms in total. The minimum atomic E-state index is 1.34. The van der Waals surface area contributed by atoms with E-state index in [9.17, 15) is 0 Å². The Kier molecular flexibility index (Phi) is 3.87. The standard InChI is InChI=1S/C60H24/c1-25-13-50-39-4-29-17-54-43-8-33-21-58-47-11-35-23-57-45-7-31-19-53-41-3-27-15-49-37(1)26-2-38(25)51(50)16-28(39)6-42(29)56(54)20-32(43)10-46(33)60(58)24-36(47)12-48(35)59(57)22-34(45)9-44(31)55(53)18-30(41)5-40(27)52(49)14-26/h1-24H. The summed E-state index contributed by atoms with van der Waals surface area (Å²) in [5.74, 6) is 0. The summed E-state index contributed by atoms with van der Waals surface area (Å²) >= 11 is 0. The number of benzene rings is 6. The van der Waals surface area contributed by atoms with Crippen molar-refractivity contribution in [2.75, 3.05) is 0 Å². The van der Waals surface area contributed by atoms with Gasteiger partial charge in [-0.15, -0.1) is 0 Å². The second-order valence-electron chi connectivity index (χ2n) is 18.9. The average Bonchev–Trinajstić information content (AvgIpc) is 4.10. The third-order valence-corrected chi connectivity index (χ3v) is 16.2. The van der Waals surface area contributed by atoms with E-state index in [0.717, 1.165) is 0 Å². The van der Waals surface area contributed by atoms with Gasteiger partial charge in [0.1, 0.15) is 0 Å². The lowest BCUT2D eigenvalue weighted by atomic mass is 10.1. The first-order chi connectivity index (χ1) is 29.6. The summed E-state index contributed by atoms with van der Waals surface area (Å²) in [6.07, 6.45) is 0. The highest BCUT2D eigenvalue weighted by Crippen LogP contribution is 2.50. The van der Waals surface area contributed by atoms with Crippen LogP contribution in [-0.2, 0) is 0 Å². The molecule has 0 saturated heterocycles. The third kappa shape index (κ3) is 2.80. The molecule has 0 N–H and O–H groups in total. The molecule has 0 spiro atoms. The fourth-order valence-electron chi connectivity index (χ4n) is 13.5. The maximum atomic E-state index is 2.47. The molecule has 264 valence electrons. The van der Waals surface area contributed by atoms with Crippen LogP contribution in [0.1, 0.15) is 0 Å². The van der Waals surface area contributed by atoms with Gasteiger partial charge in [-0.25, -0.2) is 0 Å². The molecule has 0 aliphatic carbocycles. The molecular formula is C60H24. The maximum absolute atomic E-state index is 2.47. The van der Waals surface area contributed by atoms with Gasteiger partial charge in [0.25, 0.3) is 0 Å². The van der Waals surface area contributed by atoms with Gasteiger partial charge >= 0.3 is 0 Å². The quantitative estimate of drug-likeness (QED) is 0.145. The summed E-state index contributed by atoms with van der Waals surface area (Å²) in [5.41, 5.74) is 0. The van der Waals surface area contributed by atoms with Crippen molar-refractivity contribution in [3.05, 3.63) is 146 Å². The van der Waals surface area contributed by atoms with Gasteiger partial charge in [0, 0.05) is 0 Å². The first kappa shape index (κ1) is 27.8. The molecule has 0 radical (unpaired) electrons. The van der Waals surface area contributed by atoms with Gasteiger partial charge in [-0.3, -0.25) is 0 Å². The van der Waals surface area contributed by atoms with Gasteiger partial charge in [0.15, 0.2) is 0 Å². The second-order valence-corrected chi connectivity index (χ2v) is 18.9. The van der Waals surface area contributed by atoms with Crippen molar-refractivity contribution in [3.8, 4) is 0 Å². The van der Waals surface area contributed by atoms with Crippen LogP contribution < -0.4 is 0 Å². The Balaban J connectivity index is 0.976. The zero-order valence-electron chi connectivity index (χ0n) is 31.9. The number of hydrogen-bond donors (Lipinski definition) is 0. The van der Waals surface area contributed by atoms with Crippen molar-refractivity contribution < 1.29 is 0 Å². The Morgan fingerprint density at radius 2 is 0.150 bits per heavy atom. The first-order valence-corrected chi connectivity index (χ1v) is 21.4. The fraction of sp³-hybridized carbons (Fsp3) is 0. The Morgan fingerprint density at radius 1 is 0.0833 bits per heavy atom. The normalized spacial score (nSPS) is 14.0. The molecule has 18 rings (SSSR count). The zero-order chi connectivity index (χ0) is 37.8. The molecule has 0 bridgehead atoms. The molecule has 0 aliphatic heterocycles. The van der Waals surface area contributed by atoms with Gasteiger partial charge in [-0.05, 0) is 339 Å². The van der Waals surface area contributed by atoms with Crippen molar-refractivity contribution in [1.29, 1.82) is 0 Å². The van der Waals surface area contributed by atoms with Crippen molar-refractivity contribution in [1.82, 2.24) is 0 Å². The van der Waals surface area contributed by atoms with Crippen molar-refractivity contribution in [3.63, 3.8) is 0 Å². The van der Waals surface area contributed by atoms with Gasteiger partial charge in [-0.1, -0.05) is 0 Å². The lowest BCUT2D eigenvalue weighted by Crippen LogP contribution is -1.70. The van der Waals surface area contributed by atoms with E-state index in [1.165, 1.54) is 194 Å². The van der Waals surface area contributed by atoms with E-state index in [2.05, 4.69) is 146 Å². The van der Waals surface area contributed by atoms with Crippen LogP contribution in [0, 0.1) is 0 Å². The summed E-state index contributed by atoms with van der Waals surface area (Å²) in [5, 5.41) is 48.9. The van der Waals surface area contributed by atoms with Crippen LogP contribution in [-0.4, -0.2) is 0 Å². The van der Waals surface area contributed by atoms with Crippen molar-refractivity contribution in [2.24, 2.45) is 0 Å². The Morgan fingerprint density at radius 3 is 0.233 bits per heavy atom. The number of rotatable bonds is 0. The van der Waals surface area contributed by atoms with Crippen LogP contribution in [0.2, 0.25) is 0 Å². The molecule has 0 aromatic heterocycles. The molecule has 0 unspecified atom stereocenters. The van der Waals surface area contributed by atoms with E-state index in [-0.39, 0.29) is 0 Å². The first-order valence-electron chi connectivity index (χ1n) is 21.4. The van der Waals surface area contributed by atoms with E-state index < -0.39 is 0 Å². The third-order valence-electron chi connectivity index (χ3n) is 16.2. The molecule has 0 aliphatic rings. The smallest absolute Gasteiger partial charge is 0.00926 e. The molecule has 60 heavy (non-hydrogen) atoms. The van der Waals surface area contributed by atoms with Crippen molar-refractivity contribution in [2.45, 2.75) is 0 Å². The zero-order valence-corrected chi connectivity index (χ0v) is 31.9. The predicted octanol–water partition coefficient (Wildman–Crippen LogP) is 17.4. The van der Waals surface area contributed by atoms with E-state index in [1.54, 1.807) is 0 Å². The highest BCUT2D eigenvalue weighted by molar-refractivity contribution is 6.37. The lowest BCUT2D eigenvalue weighted by molar-refractivity contribution is 1.99. The minimum absolute atomic E-state index is 1.34. The number of fused-ring (bicyclic) bond motifs is 30. The molecule has 0 saturated carbocycles. The van der Waals surface area contributed by atoms with E-state index in [1.807, 2.05) is 0 Å². The Bertz CT molecular complexity index is 3910. The molecule has 0 heteroatoms. The van der Waals surface area contributed by atoms with Crippen LogP contribution >= 0.6 is 0 Å².